The Morgan fingerprint density at radius 2 is 2.09 bits per heavy atom. The molecule has 0 spiro atoms. The van der Waals surface area contributed by atoms with Gasteiger partial charge in [0.15, 0.2) is 0 Å². The maximum atomic E-state index is 13.4. The molecular formula is C15H20FN3O3. The van der Waals surface area contributed by atoms with Crippen LogP contribution in [0, 0.1) is 5.82 Å². The number of fused-ring (bicyclic) bond motifs is 1. The van der Waals surface area contributed by atoms with Crippen molar-refractivity contribution in [3.8, 4) is 0 Å². The standard InChI is InChI=1S/C15H20FN3O3/c1-15(2,3)19(14(21)22)12-8-17-10-6-5-9(16)7-11(10)18(4)13(12)20/h5-7,12,17H,8H2,1-4H3,(H,21,22)/t12-/m1/s1. The summed E-state index contributed by atoms with van der Waals surface area (Å²) in [6.07, 6.45) is -1.17. The van der Waals surface area contributed by atoms with Gasteiger partial charge in [-0.25, -0.2) is 9.18 Å². The van der Waals surface area contributed by atoms with Gasteiger partial charge in [0.25, 0.3) is 5.91 Å². The molecule has 2 N–H and O–H groups in total. The second-order valence-electron chi connectivity index (χ2n) is 6.28. The number of carboxylic acid groups (broad SMARTS) is 1. The van der Waals surface area contributed by atoms with E-state index in [9.17, 15) is 19.1 Å². The Balaban J connectivity index is 2.43. The van der Waals surface area contributed by atoms with E-state index >= 15 is 0 Å². The number of benzene rings is 1. The number of rotatable bonds is 1. The van der Waals surface area contributed by atoms with Gasteiger partial charge in [0.05, 0.1) is 11.4 Å². The lowest BCUT2D eigenvalue weighted by Gasteiger charge is -2.39. The van der Waals surface area contributed by atoms with Crippen molar-refractivity contribution >= 4 is 23.4 Å². The fourth-order valence-electron chi connectivity index (χ4n) is 2.66. The third kappa shape index (κ3) is 2.84. The molecule has 1 aliphatic rings. The van der Waals surface area contributed by atoms with E-state index < -0.39 is 29.4 Å². The van der Waals surface area contributed by atoms with Gasteiger partial charge in [0.1, 0.15) is 11.9 Å². The van der Waals surface area contributed by atoms with Crippen LogP contribution >= 0.6 is 0 Å². The molecule has 0 saturated carbocycles. The number of nitrogens with zero attached hydrogens (tertiary/aromatic N) is 2. The van der Waals surface area contributed by atoms with E-state index in [1.807, 2.05) is 0 Å². The van der Waals surface area contributed by atoms with Gasteiger partial charge in [-0.15, -0.1) is 0 Å². The van der Waals surface area contributed by atoms with E-state index in [1.54, 1.807) is 26.8 Å². The molecule has 0 aliphatic carbocycles. The highest BCUT2D eigenvalue weighted by Crippen LogP contribution is 2.31. The van der Waals surface area contributed by atoms with Gasteiger partial charge < -0.3 is 15.3 Å². The largest absolute Gasteiger partial charge is 0.465 e. The Hall–Kier alpha value is -2.31. The maximum absolute atomic E-state index is 13.4. The third-order valence-corrected chi connectivity index (χ3v) is 3.66. The molecule has 0 radical (unpaired) electrons. The smallest absolute Gasteiger partial charge is 0.408 e. The molecule has 7 heteroatoms. The molecule has 0 unspecified atom stereocenters. The molecule has 22 heavy (non-hydrogen) atoms. The molecular weight excluding hydrogens is 289 g/mol. The van der Waals surface area contributed by atoms with Crippen LogP contribution in [0.2, 0.25) is 0 Å². The summed E-state index contributed by atoms with van der Waals surface area (Å²) in [5.41, 5.74) is 0.252. The zero-order valence-corrected chi connectivity index (χ0v) is 13.1. The molecule has 1 heterocycles. The van der Waals surface area contributed by atoms with Gasteiger partial charge in [-0.2, -0.15) is 0 Å². The molecule has 6 nitrogen and oxygen atoms in total. The van der Waals surface area contributed by atoms with Gasteiger partial charge in [-0.1, -0.05) is 0 Å². The van der Waals surface area contributed by atoms with E-state index in [4.69, 9.17) is 0 Å². The number of likely N-dealkylation sites (N-methyl/N-ethyl adjacent to an activating group) is 1. The second kappa shape index (κ2) is 5.47. The normalized spacial score (nSPS) is 18.3. The van der Waals surface area contributed by atoms with Crippen LogP contribution in [0.25, 0.3) is 0 Å². The van der Waals surface area contributed by atoms with Gasteiger partial charge >= 0.3 is 6.09 Å². The van der Waals surface area contributed by atoms with Crippen LogP contribution in [0.4, 0.5) is 20.6 Å². The Morgan fingerprint density at radius 3 is 2.64 bits per heavy atom. The van der Waals surface area contributed by atoms with Crippen molar-refractivity contribution in [2.75, 3.05) is 23.8 Å². The quantitative estimate of drug-likeness (QED) is 0.835. The predicted octanol–water partition coefficient (Wildman–Crippen LogP) is 2.36. The van der Waals surface area contributed by atoms with Gasteiger partial charge in [0.2, 0.25) is 0 Å². The first kappa shape index (κ1) is 16.1. The minimum atomic E-state index is -1.17. The first-order valence-electron chi connectivity index (χ1n) is 6.96. The number of carbonyl (C=O) groups is 2. The minimum absolute atomic E-state index is 0.130. The Labute approximate surface area is 128 Å². The van der Waals surface area contributed by atoms with Crippen LogP contribution in [0.1, 0.15) is 20.8 Å². The van der Waals surface area contributed by atoms with E-state index in [2.05, 4.69) is 5.32 Å². The van der Waals surface area contributed by atoms with Gasteiger partial charge in [-0.05, 0) is 39.0 Å². The van der Waals surface area contributed by atoms with Crippen LogP contribution in [-0.4, -0.2) is 47.2 Å². The lowest BCUT2D eigenvalue weighted by molar-refractivity contribution is -0.124. The highest BCUT2D eigenvalue weighted by Gasteiger charge is 2.40. The monoisotopic (exact) mass is 309 g/mol. The van der Waals surface area contributed by atoms with Gasteiger partial charge in [0, 0.05) is 19.1 Å². The summed E-state index contributed by atoms with van der Waals surface area (Å²) in [6.45, 7) is 5.32. The van der Waals surface area contributed by atoms with Crippen molar-refractivity contribution in [3.05, 3.63) is 24.0 Å². The fourth-order valence-corrected chi connectivity index (χ4v) is 2.66. The molecule has 1 atom stereocenters. The second-order valence-corrected chi connectivity index (χ2v) is 6.28. The predicted molar refractivity (Wildman–Crippen MR) is 81.7 cm³/mol. The van der Waals surface area contributed by atoms with Gasteiger partial charge in [-0.3, -0.25) is 9.69 Å². The van der Waals surface area contributed by atoms with Crippen molar-refractivity contribution in [2.45, 2.75) is 32.4 Å². The SMILES string of the molecule is CN1C(=O)[C@H](N(C(=O)O)C(C)(C)C)CNc2ccc(F)cc21. The molecule has 0 fully saturated rings. The molecule has 2 amide bonds. The number of hydrogen-bond acceptors (Lipinski definition) is 3. The molecule has 0 bridgehead atoms. The molecule has 1 aliphatic heterocycles. The molecule has 1 aromatic carbocycles. The zero-order valence-electron chi connectivity index (χ0n) is 13.1. The van der Waals surface area contributed by atoms with E-state index in [-0.39, 0.29) is 6.54 Å². The number of hydrogen-bond donors (Lipinski definition) is 2. The number of nitrogens with one attached hydrogen (secondary N) is 1. The highest BCUT2D eigenvalue weighted by molar-refractivity contribution is 6.02. The third-order valence-electron chi connectivity index (χ3n) is 3.66. The Morgan fingerprint density at radius 1 is 1.45 bits per heavy atom. The van der Waals surface area contributed by atoms with Crippen LogP contribution in [0.15, 0.2) is 18.2 Å². The summed E-state index contributed by atoms with van der Waals surface area (Å²) in [5.74, 6) is -0.848. The van der Waals surface area contributed by atoms with E-state index in [0.29, 0.717) is 11.4 Å². The number of halogens is 1. The summed E-state index contributed by atoms with van der Waals surface area (Å²) in [7, 11) is 1.52. The van der Waals surface area contributed by atoms with Crippen molar-refractivity contribution < 1.29 is 19.1 Å². The number of anilines is 2. The highest BCUT2D eigenvalue weighted by atomic mass is 19.1. The van der Waals surface area contributed by atoms with Crippen LogP contribution < -0.4 is 10.2 Å². The van der Waals surface area contributed by atoms with Crippen LogP contribution in [0.5, 0.6) is 0 Å². The van der Waals surface area contributed by atoms with Crippen molar-refractivity contribution in [1.29, 1.82) is 0 Å². The maximum Gasteiger partial charge on any atom is 0.408 e. The minimum Gasteiger partial charge on any atom is -0.465 e. The summed E-state index contributed by atoms with van der Waals surface area (Å²) in [5, 5.41) is 12.5. The topological polar surface area (TPSA) is 72.9 Å². The average molecular weight is 309 g/mol. The van der Waals surface area contributed by atoms with Crippen molar-refractivity contribution in [2.24, 2.45) is 0 Å². The Kier molecular flexibility index (Phi) is 4.00. The lowest BCUT2D eigenvalue weighted by atomic mass is 10.0. The molecule has 1 aromatic rings. The zero-order chi connectivity index (χ0) is 16.7. The summed E-state index contributed by atoms with van der Waals surface area (Å²) in [6, 6.07) is 3.20. The molecule has 0 aromatic heterocycles. The van der Waals surface area contributed by atoms with E-state index in [0.717, 1.165) is 4.90 Å². The molecule has 0 saturated heterocycles. The van der Waals surface area contributed by atoms with Crippen LogP contribution in [-0.2, 0) is 4.79 Å². The summed E-state index contributed by atoms with van der Waals surface area (Å²) < 4.78 is 13.4. The number of carbonyl (C=O) groups excluding carboxylic acids is 1. The lowest BCUT2D eigenvalue weighted by Crippen LogP contribution is -2.58. The summed E-state index contributed by atoms with van der Waals surface area (Å²) >= 11 is 0. The first-order chi connectivity index (χ1) is 10.1. The van der Waals surface area contributed by atoms with Crippen molar-refractivity contribution in [1.82, 2.24) is 4.90 Å². The first-order valence-corrected chi connectivity index (χ1v) is 6.96. The number of amides is 2. The van der Waals surface area contributed by atoms with Crippen LogP contribution in [0.3, 0.4) is 0 Å². The molecule has 120 valence electrons. The average Bonchev–Trinajstić information content (AvgIpc) is 2.50. The fraction of sp³-hybridized carbons (Fsp3) is 0.467. The molecule has 2 rings (SSSR count). The van der Waals surface area contributed by atoms with Crippen molar-refractivity contribution in [3.63, 3.8) is 0 Å². The summed E-state index contributed by atoms with van der Waals surface area (Å²) in [4.78, 5) is 26.7. The Bertz CT molecular complexity index is 613. The van der Waals surface area contributed by atoms with E-state index in [1.165, 1.54) is 24.1 Å².